The van der Waals surface area contributed by atoms with E-state index in [-0.39, 0.29) is 0 Å². The molecule has 0 radical (unpaired) electrons. The van der Waals surface area contributed by atoms with Gasteiger partial charge in [-0.2, -0.15) is 17.0 Å². The van der Waals surface area contributed by atoms with E-state index in [1.165, 1.54) is 17.9 Å². The molecule has 0 bridgehead atoms. The predicted molar refractivity (Wildman–Crippen MR) is 74.1 cm³/mol. The average Bonchev–Trinajstić information content (AvgIpc) is 2.83. The van der Waals surface area contributed by atoms with Gasteiger partial charge in [0.25, 0.3) is 0 Å². The van der Waals surface area contributed by atoms with Crippen LogP contribution < -0.4 is 11.1 Å². The quantitative estimate of drug-likeness (QED) is 0.802. The zero-order valence-electron chi connectivity index (χ0n) is 9.78. The molecule has 1 aliphatic rings. The van der Waals surface area contributed by atoms with Gasteiger partial charge in [0.05, 0.1) is 12.5 Å². The van der Waals surface area contributed by atoms with Crippen LogP contribution in [0.5, 0.6) is 0 Å². The molecule has 2 rings (SSSR count). The molecule has 1 fully saturated rings. The Kier molecular flexibility index (Phi) is 4.16. The molecule has 1 atom stereocenters. The topological polar surface area (TPSA) is 61.8 Å². The molecule has 0 amide bonds. The molecule has 1 unspecified atom stereocenters. The highest BCUT2D eigenvalue weighted by molar-refractivity contribution is 7.99. The van der Waals surface area contributed by atoms with Gasteiger partial charge in [-0.05, 0) is 47.6 Å². The Morgan fingerprint density at radius 1 is 1.53 bits per heavy atom. The van der Waals surface area contributed by atoms with E-state index in [1.807, 2.05) is 30.0 Å². The summed E-state index contributed by atoms with van der Waals surface area (Å²) in [6, 6.07) is 7.98. The molecule has 0 saturated carbocycles. The maximum absolute atomic E-state index is 8.71. The van der Waals surface area contributed by atoms with Crippen molar-refractivity contribution in [1.82, 2.24) is 0 Å². The van der Waals surface area contributed by atoms with Crippen molar-refractivity contribution in [1.29, 1.82) is 5.26 Å². The molecule has 1 aromatic carbocycles. The molecule has 0 aliphatic carbocycles. The molecule has 1 heterocycles. The van der Waals surface area contributed by atoms with Crippen LogP contribution in [0.4, 0.5) is 11.4 Å². The number of hydrogen-bond donors (Lipinski definition) is 2. The second kappa shape index (κ2) is 5.83. The minimum atomic E-state index is 0.376. The summed E-state index contributed by atoms with van der Waals surface area (Å²) in [6.07, 6.45) is 1.68. The normalized spacial score (nSPS) is 18.9. The van der Waals surface area contributed by atoms with Crippen LogP contribution in [0.25, 0.3) is 0 Å². The molecular formula is C13H17N3S. The number of nitriles is 1. The third kappa shape index (κ3) is 3.31. The van der Waals surface area contributed by atoms with Gasteiger partial charge in [0.15, 0.2) is 0 Å². The fraction of sp³-hybridized carbons (Fsp3) is 0.462. The highest BCUT2D eigenvalue weighted by Crippen LogP contribution is 2.24. The summed E-state index contributed by atoms with van der Waals surface area (Å²) >= 11 is 2.03. The highest BCUT2D eigenvalue weighted by Gasteiger charge is 2.14. The van der Waals surface area contributed by atoms with E-state index in [0.717, 1.165) is 23.7 Å². The lowest BCUT2D eigenvalue weighted by Gasteiger charge is -2.12. The van der Waals surface area contributed by atoms with E-state index in [2.05, 4.69) is 11.4 Å². The number of nitrogens with two attached hydrogens (primary N) is 1. The maximum atomic E-state index is 8.71. The molecule has 1 saturated heterocycles. The minimum absolute atomic E-state index is 0.376. The minimum Gasteiger partial charge on any atom is -0.398 e. The van der Waals surface area contributed by atoms with Crippen molar-refractivity contribution in [3.05, 3.63) is 23.8 Å². The number of rotatable bonds is 4. The zero-order chi connectivity index (χ0) is 12.1. The second-order valence-electron chi connectivity index (χ2n) is 4.36. The van der Waals surface area contributed by atoms with Crippen molar-refractivity contribution in [2.24, 2.45) is 5.92 Å². The second-order valence-corrected chi connectivity index (χ2v) is 5.51. The molecule has 1 aliphatic heterocycles. The summed E-state index contributed by atoms with van der Waals surface area (Å²) in [5, 5.41) is 12.1. The summed E-state index contributed by atoms with van der Waals surface area (Å²) in [6.45, 7) is 1.02. The van der Waals surface area contributed by atoms with Gasteiger partial charge in [-0.25, -0.2) is 0 Å². The van der Waals surface area contributed by atoms with Crippen molar-refractivity contribution in [2.45, 2.75) is 12.8 Å². The molecule has 17 heavy (non-hydrogen) atoms. The van der Waals surface area contributed by atoms with E-state index in [4.69, 9.17) is 11.0 Å². The SMILES string of the molecule is N#CCc1cc(NCC2CCSC2)ccc1N. The molecule has 1 aromatic rings. The number of anilines is 2. The smallest absolute Gasteiger partial charge is 0.0670 e. The Balaban J connectivity index is 1.96. The first-order chi connectivity index (χ1) is 8.29. The van der Waals surface area contributed by atoms with Crippen LogP contribution >= 0.6 is 11.8 Å². The van der Waals surface area contributed by atoms with E-state index in [0.29, 0.717) is 12.1 Å². The van der Waals surface area contributed by atoms with Gasteiger partial charge in [0.2, 0.25) is 0 Å². The summed E-state index contributed by atoms with van der Waals surface area (Å²) in [5.41, 5.74) is 8.50. The largest absolute Gasteiger partial charge is 0.398 e. The molecule has 4 heteroatoms. The third-order valence-corrected chi connectivity index (χ3v) is 4.26. The zero-order valence-corrected chi connectivity index (χ0v) is 10.6. The van der Waals surface area contributed by atoms with Crippen LogP contribution in [-0.4, -0.2) is 18.1 Å². The van der Waals surface area contributed by atoms with Gasteiger partial charge in [-0.3, -0.25) is 0 Å². The maximum Gasteiger partial charge on any atom is 0.0670 e. The molecular weight excluding hydrogens is 230 g/mol. The Morgan fingerprint density at radius 2 is 2.41 bits per heavy atom. The monoisotopic (exact) mass is 247 g/mol. The van der Waals surface area contributed by atoms with E-state index < -0.39 is 0 Å². The van der Waals surface area contributed by atoms with Gasteiger partial charge < -0.3 is 11.1 Å². The van der Waals surface area contributed by atoms with Crippen molar-refractivity contribution in [3.8, 4) is 6.07 Å². The molecule has 0 spiro atoms. The van der Waals surface area contributed by atoms with Crippen molar-refractivity contribution in [2.75, 3.05) is 29.1 Å². The van der Waals surface area contributed by atoms with E-state index >= 15 is 0 Å². The lowest BCUT2D eigenvalue weighted by atomic mass is 10.1. The number of nitrogens with one attached hydrogen (secondary N) is 1. The number of nitrogen functional groups attached to an aromatic ring is 1. The molecule has 90 valence electrons. The number of thioether (sulfide) groups is 1. The van der Waals surface area contributed by atoms with E-state index in [9.17, 15) is 0 Å². The van der Waals surface area contributed by atoms with Crippen LogP contribution in [0.2, 0.25) is 0 Å². The first kappa shape index (κ1) is 12.1. The number of benzene rings is 1. The van der Waals surface area contributed by atoms with Crippen LogP contribution in [-0.2, 0) is 6.42 Å². The van der Waals surface area contributed by atoms with Crippen LogP contribution in [0.3, 0.4) is 0 Å². The summed E-state index contributed by atoms with van der Waals surface area (Å²) < 4.78 is 0. The molecule has 0 aromatic heterocycles. The lowest BCUT2D eigenvalue weighted by Crippen LogP contribution is -2.13. The average molecular weight is 247 g/mol. The summed E-state index contributed by atoms with van der Waals surface area (Å²) in [5.74, 6) is 3.32. The molecule has 3 N–H and O–H groups in total. The molecule has 3 nitrogen and oxygen atoms in total. The predicted octanol–water partition coefficient (Wildman–Crippen LogP) is 2.50. The first-order valence-corrected chi connectivity index (χ1v) is 7.02. The van der Waals surface area contributed by atoms with Crippen LogP contribution in [0.1, 0.15) is 12.0 Å². The van der Waals surface area contributed by atoms with Crippen molar-refractivity contribution >= 4 is 23.1 Å². The summed E-state index contributed by atoms with van der Waals surface area (Å²) in [4.78, 5) is 0. The van der Waals surface area contributed by atoms with Gasteiger partial charge >= 0.3 is 0 Å². The summed E-state index contributed by atoms with van der Waals surface area (Å²) in [7, 11) is 0. The highest BCUT2D eigenvalue weighted by atomic mass is 32.2. The fourth-order valence-electron chi connectivity index (χ4n) is 1.96. The van der Waals surface area contributed by atoms with Gasteiger partial charge in [0.1, 0.15) is 0 Å². The van der Waals surface area contributed by atoms with Gasteiger partial charge in [0, 0.05) is 17.9 Å². The Hall–Kier alpha value is -1.34. The lowest BCUT2D eigenvalue weighted by molar-refractivity contribution is 0.632. The van der Waals surface area contributed by atoms with Crippen molar-refractivity contribution in [3.63, 3.8) is 0 Å². The number of nitrogens with zero attached hydrogens (tertiary/aromatic N) is 1. The van der Waals surface area contributed by atoms with Crippen LogP contribution in [0, 0.1) is 17.2 Å². The third-order valence-electron chi connectivity index (χ3n) is 3.03. The standard InChI is InChI=1S/C13H17N3S/c14-5-3-11-7-12(1-2-13(11)15)16-8-10-4-6-17-9-10/h1-2,7,10,16H,3-4,6,8-9,15H2. The first-order valence-electron chi connectivity index (χ1n) is 5.86. The fourth-order valence-corrected chi connectivity index (χ4v) is 3.24. The van der Waals surface area contributed by atoms with Gasteiger partial charge in [-0.1, -0.05) is 0 Å². The Labute approximate surface area is 106 Å². The van der Waals surface area contributed by atoms with Crippen molar-refractivity contribution < 1.29 is 0 Å². The number of hydrogen-bond acceptors (Lipinski definition) is 4. The van der Waals surface area contributed by atoms with Crippen LogP contribution in [0.15, 0.2) is 18.2 Å². The Morgan fingerprint density at radius 3 is 3.12 bits per heavy atom. The Bertz CT molecular complexity index is 419. The van der Waals surface area contributed by atoms with E-state index in [1.54, 1.807) is 0 Å². The van der Waals surface area contributed by atoms with Gasteiger partial charge in [-0.15, -0.1) is 0 Å².